The van der Waals surface area contributed by atoms with Crippen LogP contribution in [0.4, 0.5) is 0 Å². The van der Waals surface area contributed by atoms with Gasteiger partial charge in [-0.3, -0.25) is 0 Å². The van der Waals surface area contributed by atoms with E-state index in [1.807, 2.05) is 0 Å². The zero-order chi connectivity index (χ0) is 5.28. The zero-order valence-electron chi connectivity index (χ0n) is 4.56. The molecule has 0 saturated heterocycles. The molecule has 0 aromatic rings. The van der Waals surface area contributed by atoms with Crippen molar-refractivity contribution >= 4 is 0 Å². The standard InChI is InChI=1S/C6H12N/c1-5(7)4-6-2-3-6/h5-6H,1-4,7H2. The Morgan fingerprint density at radius 2 is 2.29 bits per heavy atom. The van der Waals surface area contributed by atoms with Crippen molar-refractivity contribution in [2.75, 3.05) is 0 Å². The maximum Gasteiger partial charge on any atom is 0.00420 e. The van der Waals surface area contributed by atoms with E-state index in [9.17, 15) is 0 Å². The highest BCUT2D eigenvalue weighted by atomic mass is 14.6. The Bertz CT molecular complexity index is 55.2. The normalized spacial score (nSPS) is 24.9. The molecule has 1 aliphatic rings. The van der Waals surface area contributed by atoms with E-state index in [2.05, 4.69) is 6.92 Å². The van der Waals surface area contributed by atoms with Gasteiger partial charge in [-0.15, -0.1) is 0 Å². The second-order valence-electron chi connectivity index (χ2n) is 2.44. The Hall–Kier alpha value is -0.0400. The minimum absolute atomic E-state index is 0.187. The molecule has 0 spiro atoms. The summed E-state index contributed by atoms with van der Waals surface area (Å²) >= 11 is 0. The molecular weight excluding hydrogens is 86.1 g/mol. The molecule has 1 nitrogen and oxygen atoms in total. The first-order valence-corrected chi connectivity index (χ1v) is 2.87. The molecule has 0 amide bonds. The second kappa shape index (κ2) is 1.83. The molecule has 1 atom stereocenters. The molecule has 1 unspecified atom stereocenters. The third kappa shape index (κ3) is 1.93. The highest BCUT2D eigenvalue weighted by Gasteiger charge is 2.21. The molecule has 7 heavy (non-hydrogen) atoms. The van der Waals surface area contributed by atoms with E-state index in [1.54, 1.807) is 0 Å². The number of hydrogen-bond donors (Lipinski definition) is 1. The van der Waals surface area contributed by atoms with Crippen LogP contribution in [0.1, 0.15) is 19.3 Å². The van der Waals surface area contributed by atoms with Gasteiger partial charge in [0.15, 0.2) is 0 Å². The Labute approximate surface area is 44.9 Å². The predicted octanol–water partition coefficient (Wildman–Crippen LogP) is 0.948. The third-order valence-corrected chi connectivity index (χ3v) is 1.33. The van der Waals surface area contributed by atoms with E-state index < -0.39 is 0 Å². The van der Waals surface area contributed by atoms with E-state index in [0.29, 0.717) is 0 Å². The van der Waals surface area contributed by atoms with Crippen LogP contribution in [-0.4, -0.2) is 6.04 Å². The lowest BCUT2D eigenvalue weighted by molar-refractivity contribution is 0.651. The van der Waals surface area contributed by atoms with Crippen molar-refractivity contribution in [3.8, 4) is 0 Å². The first kappa shape index (κ1) is 5.10. The first-order chi connectivity index (χ1) is 3.29. The van der Waals surface area contributed by atoms with Gasteiger partial charge in [0, 0.05) is 6.04 Å². The Morgan fingerprint density at radius 1 is 1.71 bits per heavy atom. The van der Waals surface area contributed by atoms with Gasteiger partial charge in [0.1, 0.15) is 0 Å². The van der Waals surface area contributed by atoms with Crippen LogP contribution in [0.2, 0.25) is 0 Å². The minimum Gasteiger partial charge on any atom is -0.328 e. The zero-order valence-corrected chi connectivity index (χ0v) is 4.56. The van der Waals surface area contributed by atoms with E-state index in [1.165, 1.54) is 12.8 Å². The van der Waals surface area contributed by atoms with Crippen molar-refractivity contribution in [2.45, 2.75) is 25.3 Å². The van der Waals surface area contributed by atoms with Crippen molar-refractivity contribution in [2.24, 2.45) is 11.7 Å². The summed E-state index contributed by atoms with van der Waals surface area (Å²) in [5.74, 6) is 0.937. The first-order valence-electron chi connectivity index (χ1n) is 2.87. The smallest absolute Gasteiger partial charge is 0.00420 e. The molecule has 1 rings (SSSR count). The van der Waals surface area contributed by atoms with Gasteiger partial charge in [-0.05, 0) is 19.3 Å². The molecule has 1 radical (unpaired) electrons. The minimum atomic E-state index is 0.187. The Kier molecular flexibility index (Phi) is 1.33. The van der Waals surface area contributed by atoms with Crippen molar-refractivity contribution in [3.63, 3.8) is 0 Å². The van der Waals surface area contributed by atoms with Gasteiger partial charge < -0.3 is 5.73 Å². The lowest BCUT2D eigenvalue weighted by atomic mass is 10.2. The molecule has 0 aromatic heterocycles. The van der Waals surface area contributed by atoms with Gasteiger partial charge in [0.25, 0.3) is 0 Å². The van der Waals surface area contributed by atoms with Crippen molar-refractivity contribution in [1.29, 1.82) is 0 Å². The molecule has 1 heteroatoms. The maximum absolute atomic E-state index is 5.42. The molecule has 41 valence electrons. The summed E-state index contributed by atoms with van der Waals surface area (Å²) in [6.45, 7) is 3.70. The fourth-order valence-electron chi connectivity index (χ4n) is 0.782. The largest absolute Gasteiger partial charge is 0.328 e. The third-order valence-electron chi connectivity index (χ3n) is 1.33. The van der Waals surface area contributed by atoms with Crippen LogP contribution in [0, 0.1) is 12.8 Å². The number of rotatable bonds is 2. The van der Waals surface area contributed by atoms with Gasteiger partial charge in [-0.1, -0.05) is 12.8 Å². The maximum atomic E-state index is 5.42. The summed E-state index contributed by atoms with van der Waals surface area (Å²) in [5, 5.41) is 0. The van der Waals surface area contributed by atoms with Crippen LogP contribution < -0.4 is 5.73 Å². The second-order valence-corrected chi connectivity index (χ2v) is 2.44. The molecular formula is C6H12N. The molecule has 0 aromatic carbocycles. The van der Waals surface area contributed by atoms with E-state index in [4.69, 9.17) is 5.73 Å². The van der Waals surface area contributed by atoms with Crippen LogP contribution in [0.5, 0.6) is 0 Å². The summed E-state index contributed by atoms with van der Waals surface area (Å²) in [7, 11) is 0. The fraction of sp³-hybridized carbons (Fsp3) is 0.833. The molecule has 0 aliphatic heterocycles. The molecule has 0 heterocycles. The summed E-state index contributed by atoms with van der Waals surface area (Å²) < 4.78 is 0. The quantitative estimate of drug-likeness (QED) is 0.546. The molecule has 1 aliphatic carbocycles. The van der Waals surface area contributed by atoms with Crippen LogP contribution in [0.15, 0.2) is 0 Å². The SMILES string of the molecule is [CH2]C(N)CC1CC1. The van der Waals surface area contributed by atoms with Crippen LogP contribution in [0.25, 0.3) is 0 Å². The van der Waals surface area contributed by atoms with E-state index in [0.717, 1.165) is 12.3 Å². The number of hydrogen-bond acceptors (Lipinski definition) is 1. The van der Waals surface area contributed by atoms with Gasteiger partial charge in [0.05, 0.1) is 0 Å². The highest BCUT2D eigenvalue weighted by molar-refractivity contribution is 4.78. The highest BCUT2D eigenvalue weighted by Crippen LogP contribution is 2.32. The molecule has 0 bridgehead atoms. The van der Waals surface area contributed by atoms with Gasteiger partial charge in [-0.2, -0.15) is 0 Å². The van der Waals surface area contributed by atoms with Crippen LogP contribution >= 0.6 is 0 Å². The number of nitrogens with two attached hydrogens (primary N) is 1. The van der Waals surface area contributed by atoms with E-state index >= 15 is 0 Å². The average molecular weight is 98.2 g/mol. The summed E-state index contributed by atoms with van der Waals surface area (Å²) in [6, 6.07) is 0.187. The predicted molar refractivity (Wildman–Crippen MR) is 30.7 cm³/mol. The molecule has 2 N–H and O–H groups in total. The summed E-state index contributed by atoms with van der Waals surface area (Å²) in [4.78, 5) is 0. The summed E-state index contributed by atoms with van der Waals surface area (Å²) in [5.41, 5.74) is 5.42. The Balaban J connectivity index is 1.97. The van der Waals surface area contributed by atoms with E-state index in [-0.39, 0.29) is 6.04 Å². The van der Waals surface area contributed by atoms with Crippen LogP contribution in [-0.2, 0) is 0 Å². The molecule has 1 saturated carbocycles. The monoisotopic (exact) mass is 98.1 g/mol. The molecule has 1 fully saturated rings. The van der Waals surface area contributed by atoms with Gasteiger partial charge in [0.2, 0.25) is 0 Å². The lowest BCUT2D eigenvalue weighted by Gasteiger charge is -1.98. The summed E-state index contributed by atoms with van der Waals surface area (Å²) in [6.07, 6.45) is 3.92. The topological polar surface area (TPSA) is 26.0 Å². The van der Waals surface area contributed by atoms with Gasteiger partial charge >= 0.3 is 0 Å². The van der Waals surface area contributed by atoms with Gasteiger partial charge in [-0.25, -0.2) is 0 Å². The Morgan fingerprint density at radius 3 is 2.43 bits per heavy atom. The van der Waals surface area contributed by atoms with Crippen LogP contribution in [0.3, 0.4) is 0 Å². The fourth-order valence-corrected chi connectivity index (χ4v) is 0.782. The van der Waals surface area contributed by atoms with Crippen molar-refractivity contribution in [1.82, 2.24) is 0 Å². The van der Waals surface area contributed by atoms with Crippen molar-refractivity contribution in [3.05, 3.63) is 6.92 Å². The van der Waals surface area contributed by atoms with Crippen molar-refractivity contribution < 1.29 is 0 Å². The lowest BCUT2D eigenvalue weighted by Crippen LogP contribution is -2.15. The average Bonchev–Trinajstić information content (AvgIpc) is 2.17.